The molecule has 0 fully saturated rings. The fourth-order valence-electron chi connectivity index (χ4n) is 1.64. The smallest absolute Gasteiger partial charge is 0.132 e. The van der Waals surface area contributed by atoms with Crippen LogP contribution in [0.2, 0.25) is 5.02 Å². The number of phenolic OH excluding ortho intramolecular Hbond substituents is 1. The van der Waals surface area contributed by atoms with Gasteiger partial charge >= 0.3 is 0 Å². The van der Waals surface area contributed by atoms with Crippen LogP contribution in [0.25, 0.3) is 0 Å². The van der Waals surface area contributed by atoms with Crippen LogP contribution < -0.4 is 10.5 Å². The van der Waals surface area contributed by atoms with Crippen molar-refractivity contribution in [1.29, 1.82) is 5.41 Å². The molecule has 0 aliphatic rings. The van der Waals surface area contributed by atoms with Gasteiger partial charge in [-0.05, 0) is 29.8 Å². The first kappa shape index (κ1) is 13.2. The van der Waals surface area contributed by atoms with E-state index in [4.69, 9.17) is 27.5 Å². The van der Waals surface area contributed by atoms with E-state index in [1.807, 2.05) is 0 Å². The molecule has 0 radical (unpaired) electrons. The summed E-state index contributed by atoms with van der Waals surface area (Å²) in [5.74, 6) is 0.537. The SMILES string of the molecule is N=C(N)c1c(Cl)cccc1OCc1ccc(O)cc1. The zero-order valence-electron chi connectivity index (χ0n) is 10.1. The largest absolute Gasteiger partial charge is 0.508 e. The summed E-state index contributed by atoms with van der Waals surface area (Å²) in [4.78, 5) is 0. The molecule has 0 saturated carbocycles. The summed E-state index contributed by atoms with van der Waals surface area (Å²) in [6.45, 7) is 0.306. The maximum Gasteiger partial charge on any atom is 0.132 e. The molecule has 0 heterocycles. The van der Waals surface area contributed by atoms with E-state index in [1.165, 1.54) is 0 Å². The minimum absolute atomic E-state index is 0.133. The number of phenols is 1. The van der Waals surface area contributed by atoms with Crippen LogP contribution in [-0.2, 0) is 6.61 Å². The number of aromatic hydroxyl groups is 1. The lowest BCUT2D eigenvalue weighted by Gasteiger charge is -2.12. The number of benzene rings is 2. The second kappa shape index (κ2) is 5.63. The third-order valence-electron chi connectivity index (χ3n) is 2.58. The van der Waals surface area contributed by atoms with Gasteiger partial charge in [-0.2, -0.15) is 0 Å². The van der Waals surface area contributed by atoms with Crippen LogP contribution in [0, 0.1) is 5.41 Å². The van der Waals surface area contributed by atoms with Crippen LogP contribution in [0.5, 0.6) is 11.5 Å². The highest BCUT2D eigenvalue weighted by Gasteiger charge is 2.11. The quantitative estimate of drug-likeness (QED) is 0.593. The highest BCUT2D eigenvalue weighted by Crippen LogP contribution is 2.26. The second-order valence-electron chi connectivity index (χ2n) is 3.98. The van der Waals surface area contributed by atoms with E-state index in [1.54, 1.807) is 42.5 Å². The lowest BCUT2D eigenvalue weighted by molar-refractivity contribution is 0.305. The Bertz CT molecular complexity index is 597. The molecule has 0 bridgehead atoms. The molecule has 4 N–H and O–H groups in total. The Balaban J connectivity index is 2.18. The van der Waals surface area contributed by atoms with Crippen LogP contribution in [0.1, 0.15) is 11.1 Å². The second-order valence-corrected chi connectivity index (χ2v) is 4.39. The average molecular weight is 277 g/mol. The Morgan fingerprint density at radius 1 is 1.21 bits per heavy atom. The van der Waals surface area contributed by atoms with Crippen molar-refractivity contribution in [1.82, 2.24) is 0 Å². The molecule has 0 atom stereocenters. The van der Waals surface area contributed by atoms with E-state index in [9.17, 15) is 5.11 Å². The number of ether oxygens (including phenoxy) is 1. The number of halogens is 1. The van der Waals surface area contributed by atoms with E-state index in [0.29, 0.717) is 22.9 Å². The Morgan fingerprint density at radius 3 is 2.53 bits per heavy atom. The summed E-state index contributed by atoms with van der Waals surface area (Å²) < 4.78 is 5.62. The summed E-state index contributed by atoms with van der Waals surface area (Å²) in [5.41, 5.74) is 6.78. The van der Waals surface area contributed by atoms with Crippen molar-refractivity contribution in [3.63, 3.8) is 0 Å². The molecule has 0 aromatic heterocycles. The minimum atomic E-state index is -0.133. The third kappa shape index (κ3) is 3.17. The number of amidine groups is 1. The van der Waals surface area contributed by atoms with Gasteiger partial charge in [-0.25, -0.2) is 0 Å². The predicted octanol–water partition coefficient (Wildman–Crippen LogP) is 2.91. The Labute approximate surface area is 115 Å². The van der Waals surface area contributed by atoms with Gasteiger partial charge in [0.1, 0.15) is 23.9 Å². The number of hydrogen-bond acceptors (Lipinski definition) is 3. The molecule has 0 saturated heterocycles. The summed E-state index contributed by atoms with van der Waals surface area (Å²) in [6, 6.07) is 11.8. The van der Waals surface area contributed by atoms with E-state index in [2.05, 4.69) is 0 Å². The highest BCUT2D eigenvalue weighted by molar-refractivity contribution is 6.34. The summed E-state index contributed by atoms with van der Waals surface area (Å²) >= 11 is 5.99. The van der Waals surface area contributed by atoms with Gasteiger partial charge in [-0.3, -0.25) is 5.41 Å². The molecule has 2 aromatic rings. The zero-order valence-corrected chi connectivity index (χ0v) is 10.8. The van der Waals surface area contributed by atoms with Gasteiger partial charge in [0.2, 0.25) is 0 Å². The lowest BCUT2D eigenvalue weighted by Crippen LogP contribution is -2.13. The first-order valence-electron chi connectivity index (χ1n) is 5.61. The van der Waals surface area contributed by atoms with Crippen molar-refractivity contribution in [2.45, 2.75) is 6.61 Å². The van der Waals surface area contributed by atoms with E-state index < -0.39 is 0 Å². The molecular weight excluding hydrogens is 264 g/mol. The molecule has 5 heteroatoms. The summed E-state index contributed by atoms with van der Waals surface area (Å²) in [5, 5.41) is 17.1. The summed E-state index contributed by atoms with van der Waals surface area (Å²) in [6.07, 6.45) is 0. The Hall–Kier alpha value is -2.20. The van der Waals surface area contributed by atoms with Gasteiger partial charge in [0, 0.05) is 0 Å². The van der Waals surface area contributed by atoms with Gasteiger partial charge in [0.05, 0.1) is 10.6 Å². The number of nitrogens with one attached hydrogen (secondary N) is 1. The van der Waals surface area contributed by atoms with Gasteiger partial charge in [-0.1, -0.05) is 29.8 Å². The predicted molar refractivity (Wildman–Crippen MR) is 74.9 cm³/mol. The number of hydrogen-bond donors (Lipinski definition) is 3. The van der Waals surface area contributed by atoms with E-state index in [-0.39, 0.29) is 11.6 Å². The highest BCUT2D eigenvalue weighted by atomic mass is 35.5. The molecule has 0 spiro atoms. The maximum absolute atomic E-state index is 9.19. The molecular formula is C14H13ClN2O2. The first-order chi connectivity index (χ1) is 9.08. The van der Waals surface area contributed by atoms with E-state index in [0.717, 1.165) is 5.56 Å². The topological polar surface area (TPSA) is 79.3 Å². The third-order valence-corrected chi connectivity index (χ3v) is 2.89. The number of nitrogens with two attached hydrogens (primary N) is 1. The van der Waals surface area contributed by atoms with Crippen molar-refractivity contribution in [3.8, 4) is 11.5 Å². The minimum Gasteiger partial charge on any atom is -0.508 e. The molecule has 0 unspecified atom stereocenters. The fraction of sp³-hybridized carbons (Fsp3) is 0.0714. The van der Waals surface area contributed by atoms with Gasteiger partial charge in [0.25, 0.3) is 0 Å². The van der Waals surface area contributed by atoms with E-state index >= 15 is 0 Å². The monoisotopic (exact) mass is 276 g/mol. The van der Waals surface area contributed by atoms with Gasteiger partial charge in [0.15, 0.2) is 0 Å². The Morgan fingerprint density at radius 2 is 1.89 bits per heavy atom. The molecule has 19 heavy (non-hydrogen) atoms. The normalized spacial score (nSPS) is 10.2. The van der Waals surface area contributed by atoms with Gasteiger partial charge < -0.3 is 15.6 Å². The molecule has 98 valence electrons. The molecule has 2 rings (SSSR count). The van der Waals surface area contributed by atoms with Crippen LogP contribution in [0.15, 0.2) is 42.5 Å². The average Bonchev–Trinajstić information content (AvgIpc) is 2.37. The van der Waals surface area contributed by atoms with Crippen molar-refractivity contribution >= 4 is 17.4 Å². The molecule has 0 aliphatic heterocycles. The molecule has 0 amide bonds. The maximum atomic E-state index is 9.19. The zero-order chi connectivity index (χ0) is 13.8. The van der Waals surface area contributed by atoms with Crippen molar-refractivity contribution < 1.29 is 9.84 Å². The lowest BCUT2D eigenvalue weighted by atomic mass is 10.2. The first-order valence-corrected chi connectivity index (χ1v) is 5.99. The van der Waals surface area contributed by atoms with Crippen LogP contribution >= 0.6 is 11.6 Å². The van der Waals surface area contributed by atoms with Crippen molar-refractivity contribution in [2.24, 2.45) is 5.73 Å². The van der Waals surface area contributed by atoms with Crippen LogP contribution in [-0.4, -0.2) is 10.9 Å². The fourth-order valence-corrected chi connectivity index (χ4v) is 1.91. The molecule has 4 nitrogen and oxygen atoms in total. The summed E-state index contributed by atoms with van der Waals surface area (Å²) in [7, 11) is 0. The molecule has 2 aromatic carbocycles. The van der Waals surface area contributed by atoms with Gasteiger partial charge in [-0.15, -0.1) is 0 Å². The standard InChI is InChI=1S/C14H13ClN2O2/c15-11-2-1-3-12(13(11)14(16)17)19-8-9-4-6-10(18)7-5-9/h1-7,18H,8H2,(H3,16,17). The van der Waals surface area contributed by atoms with Crippen LogP contribution in [0.4, 0.5) is 0 Å². The molecule has 0 aliphatic carbocycles. The van der Waals surface area contributed by atoms with Crippen molar-refractivity contribution in [3.05, 3.63) is 58.6 Å². The van der Waals surface area contributed by atoms with Crippen molar-refractivity contribution in [2.75, 3.05) is 0 Å². The number of nitrogen functional groups attached to an aromatic ring is 1. The van der Waals surface area contributed by atoms with Crippen LogP contribution in [0.3, 0.4) is 0 Å². The number of rotatable bonds is 4. The Kier molecular flexibility index (Phi) is 3.92.